The molecule has 0 unspecified atom stereocenters. The van der Waals surface area contributed by atoms with Crippen LogP contribution in [-0.4, -0.2) is 55.4 Å². The zero-order valence-electron chi connectivity index (χ0n) is 18.1. The van der Waals surface area contributed by atoms with Gasteiger partial charge in [-0.3, -0.25) is 0 Å². The van der Waals surface area contributed by atoms with Crippen molar-refractivity contribution in [2.75, 3.05) is 19.1 Å². The van der Waals surface area contributed by atoms with E-state index in [0.717, 1.165) is 30.7 Å². The van der Waals surface area contributed by atoms with Crippen molar-refractivity contribution in [2.45, 2.75) is 40.0 Å². The third kappa shape index (κ3) is 6.16. The number of carbonyl (C=O) groups is 1. The maximum atomic E-state index is 13.2. The van der Waals surface area contributed by atoms with Crippen LogP contribution in [0.4, 0.5) is 0 Å². The minimum Gasteiger partial charge on any atom is -0.482 e. The zero-order chi connectivity index (χ0) is 25.5. The SMILES string of the molecule is CS(=O)(=O)c1cc(S(C)(=O)=O)cc(S(=O)(=O)N[C@@H]2CCCc3c(OCC(=O)O)cc(Br)cc32)c1. The number of halogens is 1. The molecular weight excluding hydrogens is 574 g/mol. The van der Waals surface area contributed by atoms with Gasteiger partial charge in [0.1, 0.15) is 5.75 Å². The van der Waals surface area contributed by atoms with Crippen LogP contribution >= 0.6 is 15.9 Å². The number of sulfone groups is 2. The van der Waals surface area contributed by atoms with Gasteiger partial charge >= 0.3 is 5.97 Å². The summed E-state index contributed by atoms with van der Waals surface area (Å²) in [7, 11) is -12.2. The second-order valence-electron chi connectivity index (χ2n) is 7.90. The average Bonchev–Trinajstić information content (AvgIpc) is 2.70. The summed E-state index contributed by atoms with van der Waals surface area (Å²) in [4.78, 5) is 9.54. The highest BCUT2D eigenvalue weighted by Crippen LogP contribution is 2.39. The maximum absolute atomic E-state index is 13.2. The van der Waals surface area contributed by atoms with Crippen LogP contribution in [0.5, 0.6) is 5.75 Å². The average molecular weight is 596 g/mol. The molecule has 14 heteroatoms. The largest absolute Gasteiger partial charge is 0.482 e. The molecule has 2 aromatic rings. The molecule has 34 heavy (non-hydrogen) atoms. The van der Waals surface area contributed by atoms with Gasteiger partial charge in [0.25, 0.3) is 0 Å². The Kier molecular flexibility index (Phi) is 7.49. The Morgan fingerprint density at radius 3 is 2.09 bits per heavy atom. The van der Waals surface area contributed by atoms with Crippen LogP contribution in [-0.2, 0) is 40.9 Å². The molecule has 0 heterocycles. The molecular formula is C20H22BrNO9S3. The van der Waals surface area contributed by atoms with Gasteiger partial charge in [-0.1, -0.05) is 15.9 Å². The summed E-state index contributed by atoms with van der Waals surface area (Å²) in [5.74, 6) is -0.844. The lowest BCUT2D eigenvalue weighted by atomic mass is 9.87. The molecule has 10 nitrogen and oxygen atoms in total. The fraction of sp³-hybridized carbons (Fsp3) is 0.350. The Balaban J connectivity index is 2.06. The van der Waals surface area contributed by atoms with Crippen LogP contribution in [0.15, 0.2) is 49.5 Å². The molecule has 0 radical (unpaired) electrons. The van der Waals surface area contributed by atoms with Gasteiger partial charge in [0.2, 0.25) is 10.0 Å². The number of ether oxygens (including phenoxy) is 1. The fourth-order valence-electron chi connectivity index (χ4n) is 3.62. The first-order valence-corrected chi connectivity index (χ1v) is 15.9. The monoisotopic (exact) mass is 595 g/mol. The van der Waals surface area contributed by atoms with Gasteiger partial charge in [-0.25, -0.2) is 34.8 Å². The molecule has 0 fully saturated rings. The van der Waals surface area contributed by atoms with Crippen molar-refractivity contribution in [3.8, 4) is 5.75 Å². The van der Waals surface area contributed by atoms with Crippen LogP contribution in [0.2, 0.25) is 0 Å². The lowest BCUT2D eigenvalue weighted by Crippen LogP contribution is -2.31. The summed E-state index contributed by atoms with van der Waals surface area (Å²) in [5.41, 5.74) is 1.23. The number of rotatable bonds is 8. The number of hydrogen-bond donors (Lipinski definition) is 2. The second kappa shape index (κ2) is 9.57. The molecule has 186 valence electrons. The number of carboxylic acids is 1. The zero-order valence-corrected chi connectivity index (χ0v) is 22.1. The quantitative estimate of drug-likeness (QED) is 0.465. The van der Waals surface area contributed by atoms with E-state index in [-0.39, 0.29) is 0 Å². The molecule has 0 saturated heterocycles. The molecule has 1 aliphatic carbocycles. The lowest BCUT2D eigenvalue weighted by molar-refractivity contribution is -0.139. The van der Waals surface area contributed by atoms with Gasteiger partial charge in [-0.2, -0.15) is 0 Å². The smallest absolute Gasteiger partial charge is 0.341 e. The minimum atomic E-state index is -4.35. The minimum absolute atomic E-state index is 0.314. The molecule has 0 amide bonds. The molecule has 2 N–H and O–H groups in total. The number of aliphatic carboxylic acids is 1. The van der Waals surface area contributed by atoms with Gasteiger partial charge in [0, 0.05) is 23.0 Å². The predicted octanol–water partition coefficient (Wildman–Crippen LogP) is 2.08. The number of benzene rings is 2. The summed E-state index contributed by atoms with van der Waals surface area (Å²) >= 11 is 3.33. The molecule has 1 aliphatic rings. The molecule has 0 aromatic heterocycles. The topological polar surface area (TPSA) is 161 Å². The highest BCUT2D eigenvalue weighted by Gasteiger charge is 2.30. The Labute approximate surface area is 206 Å². The van der Waals surface area contributed by atoms with E-state index in [1.165, 1.54) is 0 Å². The lowest BCUT2D eigenvalue weighted by Gasteiger charge is -2.28. The van der Waals surface area contributed by atoms with Crippen molar-refractivity contribution in [3.63, 3.8) is 0 Å². The first kappa shape index (κ1) is 26.6. The Hall–Kier alpha value is -2.00. The summed E-state index contributed by atoms with van der Waals surface area (Å²) in [6, 6.07) is 5.32. The van der Waals surface area contributed by atoms with Gasteiger partial charge in [-0.05, 0) is 60.7 Å². The van der Waals surface area contributed by atoms with E-state index >= 15 is 0 Å². The van der Waals surface area contributed by atoms with Crippen molar-refractivity contribution >= 4 is 51.6 Å². The van der Waals surface area contributed by atoms with Gasteiger partial charge in [-0.15, -0.1) is 0 Å². The van der Waals surface area contributed by atoms with Crippen LogP contribution < -0.4 is 9.46 Å². The molecule has 0 bridgehead atoms. The van der Waals surface area contributed by atoms with Crippen LogP contribution in [0, 0.1) is 0 Å². The van der Waals surface area contributed by atoms with Crippen molar-refractivity contribution in [1.29, 1.82) is 0 Å². The van der Waals surface area contributed by atoms with Gasteiger partial charge < -0.3 is 9.84 Å². The molecule has 0 spiro atoms. The third-order valence-electron chi connectivity index (χ3n) is 5.17. The van der Waals surface area contributed by atoms with Crippen LogP contribution in [0.3, 0.4) is 0 Å². The van der Waals surface area contributed by atoms with Crippen molar-refractivity contribution in [1.82, 2.24) is 4.72 Å². The maximum Gasteiger partial charge on any atom is 0.341 e. The summed E-state index contributed by atoms with van der Waals surface area (Å²) in [6.45, 7) is -0.564. The number of nitrogens with one attached hydrogen (secondary N) is 1. The standard InChI is InChI=1S/C20H22BrNO9S3/c1-32(25,26)13-8-14(33(2,27)28)10-15(9-13)34(29,30)22-18-5-3-4-16-17(18)6-12(21)7-19(16)31-11-20(23)24/h6-10,18,22H,3-5,11H2,1-2H3,(H,23,24)/t18-/m1/s1. The van der Waals surface area contributed by atoms with E-state index in [4.69, 9.17) is 9.84 Å². The van der Waals surface area contributed by atoms with Crippen molar-refractivity contribution in [2.24, 2.45) is 0 Å². The summed E-state index contributed by atoms with van der Waals surface area (Å²) < 4.78 is 83.2. The highest BCUT2D eigenvalue weighted by atomic mass is 79.9. The van der Waals surface area contributed by atoms with Gasteiger partial charge in [0.15, 0.2) is 26.3 Å². The van der Waals surface area contributed by atoms with Crippen LogP contribution in [0.1, 0.15) is 30.0 Å². The highest BCUT2D eigenvalue weighted by molar-refractivity contribution is 9.10. The second-order valence-corrected chi connectivity index (χ2v) is 14.6. The van der Waals surface area contributed by atoms with E-state index in [1.54, 1.807) is 12.1 Å². The van der Waals surface area contributed by atoms with E-state index < -0.39 is 63.0 Å². The number of sulfonamides is 1. The van der Waals surface area contributed by atoms with Gasteiger partial charge in [0.05, 0.1) is 14.7 Å². The first-order valence-electron chi connectivity index (χ1n) is 9.82. The van der Waals surface area contributed by atoms with E-state index in [9.17, 15) is 30.0 Å². The first-order chi connectivity index (χ1) is 15.6. The number of fused-ring (bicyclic) bond motifs is 1. The summed E-state index contributed by atoms with van der Waals surface area (Å²) in [6.07, 6.45) is 3.23. The normalized spacial score (nSPS) is 16.6. The number of carboxylic acid groups (broad SMARTS) is 1. The number of hydrogen-bond acceptors (Lipinski definition) is 8. The predicted molar refractivity (Wildman–Crippen MR) is 126 cm³/mol. The Morgan fingerprint density at radius 1 is 1.00 bits per heavy atom. The summed E-state index contributed by atoms with van der Waals surface area (Å²) in [5, 5.41) is 8.92. The van der Waals surface area contributed by atoms with Crippen molar-refractivity contribution in [3.05, 3.63) is 45.9 Å². The molecule has 0 aliphatic heterocycles. The third-order valence-corrected chi connectivity index (χ3v) is 9.26. The molecule has 0 saturated carbocycles. The van der Waals surface area contributed by atoms with E-state index in [0.29, 0.717) is 40.6 Å². The fourth-order valence-corrected chi connectivity index (χ4v) is 6.99. The van der Waals surface area contributed by atoms with Crippen molar-refractivity contribution < 1.29 is 39.9 Å². The van der Waals surface area contributed by atoms with E-state index in [2.05, 4.69) is 20.7 Å². The molecule has 3 rings (SSSR count). The van der Waals surface area contributed by atoms with E-state index in [1.807, 2.05) is 0 Å². The Bertz CT molecular complexity index is 1420. The van der Waals surface area contributed by atoms with Crippen LogP contribution in [0.25, 0.3) is 0 Å². The molecule has 1 atom stereocenters. The molecule has 2 aromatic carbocycles. The Morgan fingerprint density at radius 2 is 1.56 bits per heavy atom.